The highest BCUT2D eigenvalue weighted by molar-refractivity contribution is 7.18. The molecular weight excluding hydrogens is 252 g/mol. The summed E-state index contributed by atoms with van der Waals surface area (Å²) in [5.41, 5.74) is 5.73. The molecule has 1 heterocycles. The number of hydrogen-bond acceptors (Lipinski definition) is 6. The molecule has 1 unspecified atom stereocenters. The molecule has 1 rings (SSSR count). The van der Waals surface area contributed by atoms with Crippen LogP contribution in [0.15, 0.2) is 0 Å². The summed E-state index contributed by atoms with van der Waals surface area (Å²) >= 11 is 1.26. The zero-order valence-electron chi connectivity index (χ0n) is 10.9. The molecule has 0 saturated heterocycles. The summed E-state index contributed by atoms with van der Waals surface area (Å²) in [5.74, 6) is 0.0971. The smallest absolute Gasteiger partial charge is 0.265 e. The number of nitrogens with one attached hydrogen (secondary N) is 2. The minimum absolute atomic E-state index is 0.129. The number of amides is 1. The number of nitrogen functional groups attached to an aromatic ring is 1. The van der Waals surface area contributed by atoms with Gasteiger partial charge in [-0.2, -0.15) is 0 Å². The summed E-state index contributed by atoms with van der Waals surface area (Å²) in [6.45, 7) is 5.18. The predicted molar refractivity (Wildman–Crippen MR) is 74.1 cm³/mol. The van der Waals surface area contributed by atoms with E-state index in [0.29, 0.717) is 23.2 Å². The first-order chi connectivity index (χ1) is 8.58. The third-order valence-electron chi connectivity index (χ3n) is 2.43. The van der Waals surface area contributed by atoms with Crippen molar-refractivity contribution in [3.63, 3.8) is 0 Å². The molecule has 102 valence electrons. The first-order valence-corrected chi connectivity index (χ1v) is 6.70. The van der Waals surface area contributed by atoms with Crippen molar-refractivity contribution in [1.29, 1.82) is 0 Å². The topological polar surface area (TPSA) is 89.3 Å². The van der Waals surface area contributed by atoms with E-state index in [1.165, 1.54) is 11.3 Å². The Morgan fingerprint density at radius 1 is 1.61 bits per heavy atom. The maximum Gasteiger partial charge on any atom is 0.265 e. The van der Waals surface area contributed by atoms with Gasteiger partial charge in [-0.25, -0.2) is 4.98 Å². The summed E-state index contributed by atoms with van der Waals surface area (Å²) in [6, 6.07) is 0.129. The summed E-state index contributed by atoms with van der Waals surface area (Å²) in [4.78, 5) is 16.5. The number of hydrogen-bond donors (Lipinski definition) is 3. The number of carbonyl (C=O) groups excluding carboxylic acids is 1. The van der Waals surface area contributed by atoms with Crippen LogP contribution in [0.1, 0.15) is 29.9 Å². The molecule has 7 heteroatoms. The van der Waals surface area contributed by atoms with Crippen LogP contribution in [0.2, 0.25) is 0 Å². The fourth-order valence-corrected chi connectivity index (χ4v) is 2.04. The van der Waals surface area contributed by atoms with Crippen LogP contribution in [0, 0.1) is 0 Å². The van der Waals surface area contributed by atoms with Gasteiger partial charge in [-0.1, -0.05) is 18.3 Å². The quantitative estimate of drug-likeness (QED) is 0.651. The maximum atomic E-state index is 11.9. The van der Waals surface area contributed by atoms with Crippen LogP contribution in [-0.2, 0) is 4.74 Å². The zero-order chi connectivity index (χ0) is 13.5. The average molecular weight is 272 g/mol. The van der Waals surface area contributed by atoms with Crippen molar-refractivity contribution in [1.82, 2.24) is 10.3 Å². The number of rotatable bonds is 7. The Hall–Kier alpha value is -1.34. The summed E-state index contributed by atoms with van der Waals surface area (Å²) in [5, 5.41) is 6.56. The first-order valence-electron chi connectivity index (χ1n) is 5.88. The van der Waals surface area contributed by atoms with Gasteiger partial charge in [-0.3, -0.25) is 4.79 Å². The Labute approximate surface area is 111 Å². The molecule has 0 radical (unpaired) electrons. The molecule has 18 heavy (non-hydrogen) atoms. The standard InChI is InChI=1S/C11H20N4O2S/c1-4-7(2)14-10(16)8-9(12)15-11(18-8)13-5-6-17-3/h7H,4-6,12H2,1-3H3,(H,13,15)(H,14,16). The van der Waals surface area contributed by atoms with E-state index in [2.05, 4.69) is 15.6 Å². The van der Waals surface area contributed by atoms with E-state index >= 15 is 0 Å². The highest BCUT2D eigenvalue weighted by atomic mass is 32.1. The molecule has 0 aromatic carbocycles. The second-order valence-corrected chi connectivity index (χ2v) is 4.93. The zero-order valence-corrected chi connectivity index (χ0v) is 11.8. The second kappa shape index (κ2) is 7.17. The van der Waals surface area contributed by atoms with E-state index in [0.717, 1.165) is 6.42 Å². The third-order valence-corrected chi connectivity index (χ3v) is 3.46. The maximum absolute atomic E-state index is 11.9. The van der Waals surface area contributed by atoms with Crippen LogP contribution in [0.25, 0.3) is 0 Å². The van der Waals surface area contributed by atoms with E-state index in [1.54, 1.807) is 7.11 Å². The Morgan fingerprint density at radius 3 is 2.94 bits per heavy atom. The molecule has 1 atom stereocenters. The van der Waals surface area contributed by atoms with Gasteiger partial charge < -0.3 is 21.1 Å². The molecule has 0 spiro atoms. The lowest BCUT2D eigenvalue weighted by molar-refractivity contribution is 0.0944. The van der Waals surface area contributed by atoms with Crippen LogP contribution in [0.3, 0.4) is 0 Å². The van der Waals surface area contributed by atoms with Gasteiger partial charge in [-0.15, -0.1) is 0 Å². The number of nitrogens with two attached hydrogens (primary N) is 1. The molecule has 0 saturated carbocycles. The number of methoxy groups -OCH3 is 1. The van der Waals surface area contributed by atoms with E-state index in [1.807, 2.05) is 13.8 Å². The lowest BCUT2D eigenvalue weighted by Gasteiger charge is -2.09. The van der Waals surface area contributed by atoms with Crippen LogP contribution >= 0.6 is 11.3 Å². The number of thiazole rings is 1. The second-order valence-electron chi connectivity index (χ2n) is 3.94. The van der Waals surface area contributed by atoms with Gasteiger partial charge in [0.05, 0.1) is 6.61 Å². The number of ether oxygens (including phenoxy) is 1. The Balaban J connectivity index is 2.63. The Morgan fingerprint density at radius 2 is 2.33 bits per heavy atom. The van der Waals surface area contributed by atoms with Crippen molar-refractivity contribution in [3.05, 3.63) is 4.88 Å². The van der Waals surface area contributed by atoms with Gasteiger partial charge in [-0.05, 0) is 13.3 Å². The van der Waals surface area contributed by atoms with E-state index in [9.17, 15) is 4.79 Å². The normalized spacial score (nSPS) is 12.2. The molecule has 0 aliphatic heterocycles. The van der Waals surface area contributed by atoms with Gasteiger partial charge in [0.25, 0.3) is 5.91 Å². The molecule has 1 aromatic rings. The molecular formula is C11H20N4O2S. The first kappa shape index (κ1) is 14.7. The molecule has 0 fully saturated rings. The van der Waals surface area contributed by atoms with Gasteiger partial charge in [0.15, 0.2) is 5.13 Å². The molecule has 6 nitrogen and oxygen atoms in total. The van der Waals surface area contributed by atoms with Gasteiger partial charge in [0.1, 0.15) is 10.7 Å². The lowest BCUT2D eigenvalue weighted by atomic mass is 10.2. The predicted octanol–water partition coefficient (Wildman–Crippen LogP) is 1.31. The van der Waals surface area contributed by atoms with Crippen molar-refractivity contribution < 1.29 is 9.53 Å². The molecule has 0 aliphatic rings. The van der Waals surface area contributed by atoms with Crippen molar-refractivity contribution in [3.8, 4) is 0 Å². The van der Waals surface area contributed by atoms with Crippen LogP contribution < -0.4 is 16.4 Å². The highest BCUT2D eigenvalue weighted by Crippen LogP contribution is 2.24. The number of anilines is 2. The number of carbonyl (C=O) groups is 1. The SMILES string of the molecule is CCC(C)NC(=O)c1sc(NCCOC)nc1N. The minimum atomic E-state index is -0.167. The van der Waals surface area contributed by atoms with Crippen molar-refractivity contribution in [2.24, 2.45) is 0 Å². The molecule has 1 aromatic heterocycles. The summed E-state index contributed by atoms with van der Waals surface area (Å²) in [7, 11) is 1.63. The highest BCUT2D eigenvalue weighted by Gasteiger charge is 2.17. The Bertz CT molecular complexity index is 394. The van der Waals surface area contributed by atoms with Crippen LogP contribution in [0.5, 0.6) is 0 Å². The largest absolute Gasteiger partial charge is 0.383 e. The minimum Gasteiger partial charge on any atom is -0.383 e. The summed E-state index contributed by atoms with van der Waals surface area (Å²) in [6.07, 6.45) is 0.878. The fourth-order valence-electron chi connectivity index (χ4n) is 1.22. The molecule has 4 N–H and O–H groups in total. The van der Waals surface area contributed by atoms with Crippen molar-refractivity contribution in [2.45, 2.75) is 26.3 Å². The summed E-state index contributed by atoms with van der Waals surface area (Å²) < 4.78 is 4.92. The third kappa shape index (κ3) is 4.15. The van der Waals surface area contributed by atoms with E-state index in [4.69, 9.17) is 10.5 Å². The monoisotopic (exact) mass is 272 g/mol. The molecule has 1 amide bonds. The van der Waals surface area contributed by atoms with Gasteiger partial charge in [0, 0.05) is 19.7 Å². The number of nitrogens with zero attached hydrogens (tertiary/aromatic N) is 1. The number of aromatic nitrogens is 1. The average Bonchev–Trinajstić information content (AvgIpc) is 2.70. The molecule has 0 bridgehead atoms. The Kier molecular flexibility index (Phi) is 5.87. The van der Waals surface area contributed by atoms with Gasteiger partial charge >= 0.3 is 0 Å². The van der Waals surface area contributed by atoms with Crippen LogP contribution in [0.4, 0.5) is 10.9 Å². The van der Waals surface area contributed by atoms with Crippen molar-refractivity contribution >= 4 is 28.2 Å². The molecule has 0 aliphatic carbocycles. The van der Waals surface area contributed by atoms with Crippen molar-refractivity contribution in [2.75, 3.05) is 31.3 Å². The van der Waals surface area contributed by atoms with E-state index < -0.39 is 0 Å². The van der Waals surface area contributed by atoms with E-state index in [-0.39, 0.29) is 17.8 Å². The fraction of sp³-hybridized carbons (Fsp3) is 0.636. The lowest BCUT2D eigenvalue weighted by Crippen LogP contribution is -2.31. The van der Waals surface area contributed by atoms with Crippen LogP contribution in [-0.4, -0.2) is 37.2 Å². The van der Waals surface area contributed by atoms with Gasteiger partial charge in [0.2, 0.25) is 0 Å².